The highest BCUT2D eigenvalue weighted by Crippen LogP contribution is 2.12. The number of nitrogens with two attached hydrogens (primary N) is 1. The van der Waals surface area contributed by atoms with Crippen molar-refractivity contribution in [2.45, 2.75) is 255 Å². The number of alkyl halides is 2. The average Bonchev–Trinajstić information content (AvgIpc) is 1.97. The summed E-state index contributed by atoms with van der Waals surface area (Å²) in [7, 11) is 0. The second-order valence-electron chi connectivity index (χ2n) is 28.6. The Hall–Kier alpha value is -11.0. The molecule has 127 heavy (non-hydrogen) atoms. The van der Waals surface area contributed by atoms with Gasteiger partial charge in [0.2, 0.25) is 5.24 Å². The maximum absolute atomic E-state index is 11.8. The molecule has 3 aromatic rings. The first kappa shape index (κ1) is 127. The number of amides is 3. The van der Waals surface area contributed by atoms with Crippen LogP contribution in [-0.4, -0.2) is 240 Å². The summed E-state index contributed by atoms with van der Waals surface area (Å²) in [5.41, 5.74) is 5.80. The molecule has 5 unspecified atom stereocenters. The van der Waals surface area contributed by atoms with E-state index >= 15 is 0 Å². The van der Waals surface area contributed by atoms with E-state index in [0.717, 1.165) is 29.9 Å². The Morgan fingerprint density at radius 1 is 0.386 bits per heavy atom. The molecule has 3 amide bonds. The highest BCUT2D eigenvalue weighted by molar-refractivity contribution is 6.69. The fraction of sp³-hybridized carbons (Fsp3) is 0.588. The number of hydrogen-bond donors (Lipinski definition) is 8. The minimum atomic E-state index is -1.16. The highest BCUT2D eigenvalue weighted by Gasteiger charge is 2.25. The zero-order valence-electron chi connectivity index (χ0n) is 73.1. The van der Waals surface area contributed by atoms with Gasteiger partial charge in [-0.05, 0) is 170 Å². The Bertz CT molecular complexity index is 3640. The number of alkyl carbamates (subject to hydrolysis) is 3. The summed E-state index contributed by atoms with van der Waals surface area (Å²) in [5.74, 6) is -9.08. The molecule has 0 spiro atoms. The van der Waals surface area contributed by atoms with Crippen molar-refractivity contribution in [2.75, 3.05) is 72.4 Å². The number of benzene rings is 3. The van der Waals surface area contributed by atoms with Crippen LogP contribution in [0.15, 0.2) is 91.0 Å². The monoisotopic (exact) mass is 1870 g/mol. The van der Waals surface area contributed by atoms with Gasteiger partial charge in [0.05, 0.1) is 33.0 Å². The van der Waals surface area contributed by atoms with Crippen molar-refractivity contribution in [2.24, 2.45) is 5.73 Å². The predicted octanol–water partition coefficient (Wildman–Crippen LogP) is 10.9. The van der Waals surface area contributed by atoms with E-state index in [-0.39, 0.29) is 131 Å². The number of ether oxygens (including phenoxy) is 14. The summed E-state index contributed by atoms with van der Waals surface area (Å²) in [6, 6.07) is 28.2. The van der Waals surface area contributed by atoms with Crippen LogP contribution in [0.25, 0.3) is 0 Å². The van der Waals surface area contributed by atoms with E-state index in [1.165, 1.54) is 47.5 Å². The molecule has 3 aromatic carbocycles. The van der Waals surface area contributed by atoms with Crippen LogP contribution in [0, 0.1) is 0 Å². The topological polar surface area (TPSA) is 562 Å². The van der Waals surface area contributed by atoms with Crippen molar-refractivity contribution in [1.29, 1.82) is 0 Å². The molecular formula is C85H131Cl3N4O35. The number of esters is 10. The average molecular weight is 1880 g/mol. The summed E-state index contributed by atoms with van der Waals surface area (Å²) >= 11 is 15.5. The Morgan fingerprint density at radius 3 is 0.890 bits per heavy atom. The van der Waals surface area contributed by atoms with Crippen molar-refractivity contribution in [3.63, 3.8) is 0 Å². The smallest absolute Gasteiger partial charge is 0.408 e. The minimum Gasteiger partial charge on any atom is -0.481 e. The number of hydrogen-bond acceptors (Lipinski definition) is 33. The molecule has 1 saturated heterocycles. The number of halogens is 3. The van der Waals surface area contributed by atoms with Gasteiger partial charge in [0.25, 0.3) is 0 Å². The van der Waals surface area contributed by atoms with Crippen LogP contribution >= 0.6 is 34.8 Å². The quantitative estimate of drug-likeness (QED) is 0.00862. The van der Waals surface area contributed by atoms with Crippen molar-refractivity contribution < 1.29 is 168 Å². The molecule has 9 N–H and O–H groups in total. The molecule has 1 heterocycles. The lowest BCUT2D eigenvalue weighted by molar-refractivity contribution is -0.166. The molecule has 0 radical (unpaired) electrons. The Kier molecular flexibility index (Phi) is 76.1. The van der Waals surface area contributed by atoms with Crippen molar-refractivity contribution >= 4 is 136 Å². The summed E-state index contributed by atoms with van der Waals surface area (Å²) < 4.78 is 68.3. The van der Waals surface area contributed by atoms with Gasteiger partial charge in [0.1, 0.15) is 67.0 Å². The van der Waals surface area contributed by atoms with Crippen LogP contribution in [0.1, 0.15) is 206 Å². The largest absolute Gasteiger partial charge is 0.481 e. The third-order valence-corrected chi connectivity index (χ3v) is 14.1. The molecule has 4 rings (SSSR count). The molecule has 42 heteroatoms. The predicted molar refractivity (Wildman–Crippen MR) is 462 cm³/mol. The number of carboxylic acids is 3. The first-order valence-corrected chi connectivity index (χ1v) is 40.4. The minimum absolute atomic E-state index is 0. The number of aliphatic carboxylic acids is 3. The zero-order chi connectivity index (χ0) is 95.9. The molecule has 5 atom stereocenters. The Labute approximate surface area is 756 Å². The zero-order valence-corrected chi connectivity index (χ0v) is 75.4. The maximum atomic E-state index is 11.8. The van der Waals surface area contributed by atoms with E-state index in [9.17, 15) is 81.5 Å². The summed E-state index contributed by atoms with van der Waals surface area (Å²) in [4.78, 5) is 187. The van der Waals surface area contributed by atoms with E-state index in [2.05, 4.69) is 25.4 Å². The molecule has 1 aliphatic rings. The van der Waals surface area contributed by atoms with Crippen molar-refractivity contribution in [3.05, 3.63) is 108 Å². The van der Waals surface area contributed by atoms with Gasteiger partial charge in [-0.3, -0.25) is 52.7 Å². The summed E-state index contributed by atoms with van der Waals surface area (Å²) in [5, 5.41) is 38.2. The van der Waals surface area contributed by atoms with Gasteiger partial charge in [-0.25, -0.2) is 28.8 Å². The van der Waals surface area contributed by atoms with Crippen molar-refractivity contribution in [3.8, 4) is 0 Å². The number of carbonyl (C=O) groups excluding carboxylic acids is 14. The van der Waals surface area contributed by atoms with Gasteiger partial charge in [-0.15, -0.1) is 23.2 Å². The van der Waals surface area contributed by atoms with E-state index in [0.29, 0.717) is 19.4 Å². The summed E-state index contributed by atoms with van der Waals surface area (Å²) in [6.45, 7) is 23.5. The fourth-order valence-corrected chi connectivity index (χ4v) is 7.51. The van der Waals surface area contributed by atoms with Crippen LogP contribution in [0.2, 0.25) is 0 Å². The van der Waals surface area contributed by atoms with E-state index in [4.69, 9.17) is 118 Å². The van der Waals surface area contributed by atoms with E-state index in [1.807, 2.05) is 91.0 Å². The Morgan fingerprint density at radius 2 is 0.654 bits per heavy atom. The van der Waals surface area contributed by atoms with Gasteiger partial charge in [0.15, 0.2) is 18.3 Å². The fourth-order valence-electron chi connectivity index (χ4n) is 7.45. The molecule has 39 nitrogen and oxygen atoms in total. The van der Waals surface area contributed by atoms with Crippen LogP contribution < -0.4 is 21.7 Å². The third-order valence-electron chi connectivity index (χ3n) is 13.3. The van der Waals surface area contributed by atoms with Crippen molar-refractivity contribution in [1.82, 2.24) is 16.0 Å². The lowest BCUT2D eigenvalue weighted by Gasteiger charge is -2.19. The van der Waals surface area contributed by atoms with E-state index in [1.54, 1.807) is 62.3 Å². The first-order chi connectivity index (χ1) is 58.4. The molecular weight excluding hydrogens is 1740 g/mol. The van der Waals surface area contributed by atoms with Crippen LogP contribution in [-0.2, 0) is 153 Å². The highest BCUT2D eigenvalue weighted by atomic mass is 35.5. The first-order valence-electron chi connectivity index (χ1n) is 39.2. The number of nitrogens with one attached hydrogen (secondary N) is 3. The number of carboxylic acid groups (broad SMARTS) is 3. The number of aliphatic hydroxyl groups is 1. The maximum Gasteiger partial charge on any atom is 0.408 e. The molecule has 0 saturated carbocycles. The number of aliphatic hydroxyl groups excluding tert-OH is 1. The normalized spacial score (nSPS) is 11.8. The second kappa shape index (κ2) is 76.3. The SMILES string of the molecule is C.C.C1CCOC1.CC(C)(C)OC(=O)NCC(=O)O.CC(Cl)C(=O)Cl.CC(Cl)C(=O)OCCCC(=O)OCc1ccccc1.CC(OC(=O)CN)C(=O)OCCCC(=O)O.CC(OC(=O)CNC(=O)OC(C)(C)C)C(=O)OCCCC(=O)O.CC(OC(=O)CNC(=O)OC(C)(C)C)C(=O)OCCCC(=O)OCc1ccccc1.O=C(CCCO)OCc1ccccc1. The Balaban J connectivity index is -0.000000343. The molecule has 0 aromatic heterocycles. The van der Waals surface area contributed by atoms with Crippen LogP contribution in [0.5, 0.6) is 0 Å². The molecule has 1 aliphatic heterocycles. The second-order valence-corrected chi connectivity index (χ2v) is 30.2. The van der Waals surface area contributed by atoms with Gasteiger partial charge in [-0.1, -0.05) is 106 Å². The molecule has 0 aliphatic carbocycles. The third kappa shape index (κ3) is 88.2. The van der Waals surface area contributed by atoms with Gasteiger partial charge >= 0.3 is 95.9 Å². The molecule has 0 bridgehead atoms. The molecule has 722 valence electrons. The van der Waals surface area contributed by atoms with E-state index < -0.39 is 155 Å². The van der Waals surface area contributed by atoms with Gasteiger partial charge < -0.3 is 108 Å². The number of carbonyl (C=O) groups is 17. The lowest BCUT2D eigenvalue weighted by atomic mass is 10.2. The standard InChI is InChI=1S/C21H29NO8.C14H17ClO4.C14H23NO8.C11H14O3.C9H15NO6.C7H13NO4.C4H8O.C3H4Cl2O.2CH4/c1-15(29-18(24)13-22-20(26)30-21(2,3)4)19(25)27-12-8-11-17(23)28-14-16-9-6-5-7-10-16;1-11(15)14(17)18-9-5-8-13(16)19-10-12-6-3-2-4-7-12;1-9(12(19)21-7-5-6-10(16)17)22-11(18)8-15-13(20)23-14(2,3)4;12-8-4-7-11(13)14-9-10-5-2-1-3-6-10;1-6(16-8(13)5-10)9(14)15-4-2-3-7(11)12;1-7(2,3)12-6(11)8-4-5(9)10;1-2-4-5-3-1;1-2(4)3(5)6;;/h5-7,9-10,15H,8,11-14H2,1-4H3,(H,22,26);2-4,6-7,11H,5,8-10H2,1H3;9H,5-8H2,1-4H3,(H,15,20)(H,16,17);1-3,5-6,12H,4,7-9H2;6H,2-5,10H2,1H3,(H,11,12);4H2,1-3H3,(H,8,11)(H,9,10);1-4H2;2H,1H3;2*1H4. The summed E-state index contributed by atoms with van der Waals surface area (Å²) in [6.07, 6.45) is -1.09. The lowest BCUT2D eigenvalue weighted by Crippen LogP contribution is -2.37. The molecule has 1 fully saturated rings. The van der Waals surface area contributed by atoms with Gasteiger partial charge in [0, 0.05) is 51.9 Å². The van der Waals surface area contributed by atoms with Gasteiger partial charge in [-0.2, -0.15) is 0 Å². The van der Waals surface area contributed by atoms with Crippen LogP contribution in [0.3, 0.4) is 0 Å². The van der Waals surface area contributed by atoms with Crippen LogP contribution in [0.4, 0.5) is 14.4 Å². The number of rotatable bonds is 40.